The largest absolute Gasteiger partial charge is 0.311 e. The van der Waals surface area contributed by atoms with Gasteiger partial charge < -0.3 is 10.2 Å². The Morgan fingerprint density at radius 3 is 2.83 bits per heavy atom. The van der Waals surface area contributed by atoms with E-state index in [-0.39, 0.29) is 11.9 Å². The highest BCUT2D eigenvalue weighted by atomic mass is 16.2. The average molecular weight is 244 g/mol. The van der Waals surface area contributed by atoms with Crippen LogP contribution < -0.4 is 10.2 Å². The second-order valence-corrected chi connectivity index (χ2v) is 5.46. The zero-order valence-corrected chi connectivity index (χ0v) is 10.9. The Bertz CT molecular complexity index is 454. The third-order valence-corrected chi connectivity index (χ3v) is 3.77. The molecule has 18 heavy (non-hydrogen) atoms. The summed E-state index contributed by atoms with van der Waals surface area (Å²) in [5, 5.41) is 3.47. The van der Waals surface area contributed by atoms with Gasteiger partial charge in [-0.25, -0.2) is 0 Å². The molecule has 0 spiro atoms. The van der Waals surface area contributed by atoms with Gasteiger partial charge in [0.05, 0.1) is 6.04 Å². The van der Waals surface area contributed by atoms with Crippen molar-refractivity contribution >= 4 is 11.6 Å². The van der Waals surface area contributed by atoms with Crippen molar-refractivity contribution in [2.45, 2.75) is 44.7 Å². The normalized spacial score (nSPS) is 24.4. The number of piperidine rings is 1. The first kappa shape index (κ1) is 11.7. The lowest BCUT2D eigenvalue weighted by molar-refractivity contribution is -0.121. The topological polar surface area (TPSA) is 32.3 Å². The van der Waals surface area contributed by atoms with Crippen molar-refractivity contribution in [1.82, 2.24) is 5.32 Å². The molecule has 1 saturated carbocycles. The Kier molecular flexibility index (Phi) is 3.08. The van der Waals surface area contributed by atoms with Crippen LogP contribution in [0.15, 0.2) is 24.3 Å². The van der Waals surface area contributed by atoms with E-state index in [1.807, 2.05) is 17.0 Å². The molecule has 1 heterocycles. The van der Waals surface area contributed by atoms with E-state index in [0.717, 1.165) is 25.1 Å². The summed E-state index contributed by atoms with van der Waals surface area (Å²) in [6, 6.07) is 8.85. The maximum Gasteiger partial charge on any atom is 0.244 e. The van der Waals surface area contributed by atoms with Crippen LogP contribution in [0.3, 0.4) is 0 Å². The fourth-order valence-electron chi connectivity index (χ4n) is 2.62. The first-order valence-corrected chi connectivity index (χ1v) is 6.88. The minimum atomic E-state index is 0.0340. The zero-order chi connectivity index (χ0) is 12.5. The van der Waals surface area contributed by atoms with E-state index >= 15 is 0 Å². The van der Waals surface area contributed by atoms with Crippen LogP contribution in [0.2, 0.25) is 0 Å². The maximum atomic E-state index is 12.5. The van der Waals surface area contributed by atoms with Crippen LogP contribution in [0, 0.1) is 6.92 Å². The predicted octanol–water partition coefficient (Wildman–Crippen LogP) is 2.24. The third-order valence-electron chi connectivity index (χ3n) is 3.77. The number of carbonyl (C=O) groups excluding carboxylic acids is 1. The summed E-state index contributed by atoms with van der Waals surface area (Å²) >= 11 is 0. The van der Waals surface area contributed by atoms with E-state index in [1.54, 1.807) is 0 Å². The van der Waals surface area contributed by atoms with Gasteiger partial charge in [-0.15, -0.1) is 0 Å². The van der Waals surface area contributed by atoms with E-state index < -0.39 is 0 Å². The highest BCUT2D eigenvalue weighted by Crippen LogP contribution is 2.25. The third kappa shape index (κ3) is 2.41. The van der Waals surface area contributed by atoms with Crippen molar-refractivity contribution in [1.29, 1.82) is 0 Å². The molecule has 0 radical (unpaired) electrons. The first-order valence-electron chi connectivity index (χ1n) is 6.88. The number of carbonyl (C=O) groups is 1. The van der Waals surface area contributed by atoms with Gasteiger partial charge in [0.2, 0.25) is 5.91 Å². The van der Waals surface area contributed by atoms with Crippen molar-refractivity contribution in [3.63, 3.8) is 0 Å². The Labute approximate surface area is 108 Å². The van der Waals surface area contributed by atoms with Gasteiger partial charge in [0, 0.05) is 18.3 Å². The Hall–Kier alpha value is -1.35. The summed E-state index contributed by atoms with van der Waals surface area (Å²) in [6.45, 7) is 2.92. The van der Waals surface area contributed by atoms with Crippen molar-refractivity contribution < 1.29 is 4.79 Å². The molecule has 1 atom stereocenters. The van der Waals surface area contributed by atoms with E-state index in [2.05, 4.69) is 24.4 Å². The van der Waals surface area contributed by atoms with Crippen LogP contribution in [-0.4, -0.2) is 24.5 Å². The summed E-state index contributed by atoms with van der Waals surface area (Å²) < 4.78 is 0. The molecular weight excluding hydrogens is 224 g/mol. The van der Waals surface area contributed by atoms with Crippen LogP contribution in [0.1, 0.15) is 31.2 Å². The van der Waals surface area contributed by atoms with Gasteiger partial charge in [-0.05, 0) is 50.3 Å². The van der Waals surface area contributed by atoms with E-state index in [9.17, 15) is 4.79 Å². The Balaban J connectivity index is 1.76. The van der Waals surface area contributed by atoms with Crippen LogP contribution in [0.4, 0.5) is 5.69 Å². The molecule has 1 aromatic rings. The molecule has 2 aliphatic rings. The van der Waals surface area contributed by atoms with E-state index in [4.69, 9.17) is 0 Å². The van der Waals surface area contributed by atoms with Crippen molar-refractivity contribution in [3.05, 3.63) is 29.8 Å². The Morgan fingerprint density at radius 1 is 1.28 bits per heavy atom. The van der Waals surface area contributed by atoms with Gasteiger partial charge in [0.1, 0.15) is 0 Å². The first-order chi connectivity index (χ1) is 8.74. The molecule has 2 fully saturated rings. The van der Waals surface area contributed by atoms with Crippen molar-refractivity contribution in [3.8, 4) is 0 Å². The molecule has 1 saturated heterocycles. The average Bonchev–Trinajstić information content (AvgIpc) is 3.16. The molecule has 1 aliphatic heterocycles. The number of hydrogen-bond acceptors (Lipinski definition) is 2. The van der Waals surface area contributed by atoms with Gasteiger partial charge >= 0.3 is 0 Å². The summed E-state index contributed by atoms with van der Waals surface area (Å²) in [5.74, 6) is 0.249. The van der Waals surface area contributed by atoms with Gasteiger partial charge in [0.15, 0.2) is 0 Å². The lowest BCUT2D eigenvalue weighted by Gasteiger charge is -2.33. The second kappa shape index (κ2) is 4.73. The molecule has 1 amide bonds. The minimum absolute atomic E-state index is 0.0340. The standard InChI is InChI=1S/C15H20N2O/c1-11-4-2-5-13(10-11)17-9-3-6-14(15(17)18)16-12-7-8-12/h2,4-5,10,12,14,16H,3,6-9H2,1H3. The number of nitrogens with zero attached hydrogens (tertiary/aromatic N) is 1. The summed E-state index contributed by atoms with van der Waals surface area (Å²) in [7, 11) is 0. The maximum absolute atomic E-state index is 12.5. The van der Waals surface area contributed by atoms with E-state index in [1.165, 1.54) is 18.4 Å². The van der Waals surface area contributed by atoms with Crippen LogP contribution >= 0.6 is 0 Å². The van der Waals surface area contributed by atoms with Crippen molar-refractivity contribution in [2.75, 3.05) is 11.4 Å². The minimum Gasteiger partial charge on any atom is -0.311 e. The number of amides is 1. The SMILES string of the molecule is Cc1cccc(N2CCCC(NC3CC3)C2=O)c1. The molecule has 0 bridgehead atoms. The van der Waals surface area contributed by atoms with Gasteiger partial charge in [-0.3, -0.25) is 4.79 Å². The number of nitrogens with one attached hydrogen (secondary N) is 1. The van der Waals surface area contributed by atoms with Crippen LogP contribution in [-0.2, 0) is 4.79 Å². The fraction of sp³-hybridized carbons (Fsp3) is 0.533. The smallest absolute Gasteiger partial charge is 0.244 e. The number of benzene rings is 1. The molecule has 1 aromatic carbocycles. The van der Waals surface area contributed by atoms with Gasteiger partial charge in [-0.1, -0.05) is 12.1 Å². The van der Waals surface area contributed by atoms with Crippen LogP contribution in [0.5, 0.6) is 0 Å². The predicted molar refractivity (Wildman–Crippen MR) is 72.7 cm³/mol. The van der Waals surface area contributed by atoms with Crippen molar-refractivity contribution in [2.24, 2.45) is 0 Å². The lowest BCUT2D eigenvalue weighted by Crippen LogP contribution is -2.51. The molecule has 1 aliphatic carbocycles. The second-order valence-electron chi connectivity index (χ2n) is 5.46. The fourth-order valence-corrected chi connectivity index (χ4v) is 2.62. The summed E-state index contributed by atoms with van der Waals surface area (Å²) in [4.78, 5) is 14.4. The lowest BCUT2D eigenvalue weighted by atomic mass is 10.0. The molecule has 1 N–H and O–H groups in total. The molecule has 0 aromatic heterocycles. The molecule has 3 heteroatoms. The number of rotatable bonds is 3. The van der Waals surface area contributed by atoms with Crippen LogP contribution in [0.25, 0.3) is 0 Å². The molecule has 3 nitrogen and oxygen atoms in total. The van der Waals surface area contributed by atoms with Gasteiger partial charge in [0.25, 0.3) is 0 Å². The summed E-state index contributed by atoms with van der Waals surface area (Å²) in [5.41, 5.74) is 2.25. The molecule has 96 valence electrons. The number of aryl methyl sites for hydroxylation is 1. The molecular formula is C15H20N2O. The number of anilines is 1. The quantitative estimate of drug-likeness (QED) is 0.884. The highest BCUT2D eigenvalue weighted by Gasteiger charge is 2.33. The highest BCUT2D eigenvalue weighted by molar-refractivity contribution is 5.98. The Morgan fingerprint density at radius 2 is 2.11 bits per heavy atom. The zero-order valence-electron chi connectivity index (χ0n) is 10.9. The number of hydrogen-bond donors (Lipinski definition) is 1. The molecule has 1 unspecified atom stereocenters. The monoisotopic (exact) mass is 244 g/mol. The molecule has 3 rings (SSSR count). The van der Waals surface area contributed by atoms with E-state index in [0.29, 0.717) is 6.04 Å². The summed E-state index contributed by atoms with van der Waals surface area (Å²) in [6.07, 6.45) is 4.53. The van der Waals surface area contributed by atoms with Gasteiger partial charge in [-0.2, -0.15) is 0 Å².